The number of anilines is 2. The third-order valence-corrected chi connectivity index (χ3v) is 6.26. The number of hydrogen-bond donors (Lipinski definition) is 2. The molecule has 1 amide bonds. The van der Waals surface area contributed by atoms with Gasteiger partial charge in [-0.2, -0.15) is 0 Å². The highest BCUT2D eigenvalue weighted by Gasteiger charge is 2.22. The minimum absolute atomic E-state index is 0.00287. The highest BCUT2D eigenvalue weighted by molar-refractivity contribution is 8.01. The Morgan fingerprint density at radius 3 is 2.42 bits per heavy atom. The summed E-state index contributed by atoms with van der Waals surface area (Å²) in [5.74, 6) is 1.05. The van der Waals surface area contributed by atoms with Crippen LogP contribution in [0.25, 0.3) is 0 Å². The van der Waals surface area contributed by atoms with Crippen molar-refractivity contribution in [3.8, 4) is 0 Å². The zero-order valence-electron chi connectivity index (χ0n) is 15.7. The van der Waals surface area contributed by atoms with Crippen molar-refractivity contribution in [1.29, 1.82) is 0 Å². The van der Waals surface area contributed by atoms with Gasteiger partial charge in [-0.3, -0.25) is 4.79 Å². The number of para-hydroxylation sites is 1. The second-order valence-corrected chi connectivity index (χ2v) is 9.45. The first-order valence-electron chi connectivity index (χ1n) is 9.09. The number of thioether (sulfide) groups is 1. The summed E-state index contributed by atoms with van der Waals surface area (Å²) in [6.07, 6.45) is 2.41. The lowest BCUT2D eigenvalue weighted by molar-refractivity contribution is -0.113. The van der Waals surface area contributed by atoms with E-state index in [-0.39, 0.29) is 5.91 Å². The molecule has 2 N–H and O–H groups in total. The van der Waals surface area contributed by atoms with Crippen LogP contribution >= 0.6 is 23.1 Å². The van der Waals surface area contributed by atoms with Gasteiger partial charge in [-0.15, -0.1) is 10.2 Å². The molecule has 0 aliphatic heterocycles. The lowest BCUT2D eigenvalue weighted by atomic mass is 9.92. The first-order chi connectivity index (χ1) is 12.4. The second kappa shape index (κ2) is 8.39. The van der Waals surface area contributed by atoms with Gasteiger partial charge in [0.2, 0.25) is 11.0 Å². The minimum Gasteiger partial charge on any atom is -0.357 e. The Labute approximate surface area is 163 Å². The van der Waals surface area contributed by atoms with Gasteiger partial charge in [0.25, 0.3) is 0 Å². The summed E-state index contributed by atoms with van der Waals surface area (Å²) in [6.45, 7) is 8.61. The molecule has 0 saturated heterocycles. The molecule has 1 saturated carbocycles. The van der Waals surface area contributed by atoms with Crippen LogP contribution in [0.1, 0.15) is 63.5 Å². The Balaban J connectivity index is 1.63. The van der Waals surface area contributed by atoms with E-state index in [2.05, 4.69) is 66.7 Å². The van der Waals surface area contributed by atoms with Crippen molar-refractivity contribution in [2.45, 2.75) is 62.8 Å². The summed E-state index contributed by atoms with van der Waals surface area (Å²) in [4.78, 5) is 12.5. The molecule has 0 bridgehead atoms. The number of carbonyl (C=O) groups excluding carboxylic acids is 1. The summed E-state index contributed by atoms with van der Waals surface area (Å²) in [5, 5.41) is 15.6. The predicted molar refractivity (Wildman–Crippen MR) is 111 cm³/mol. The Morgan fingerprint density at radius 1 is 1.19 bits per heavy atom. The number of carbonyl (C=O) groups is 1. The fourth-order valence-corrected chi connectivity index (χ4v) is 4.36. The number of nitrogens with zero attached hydrogens (tertiary/aromatic N) is 2. The number of nitrogens with one attached hydrogen (secondary N) is 2. The van der Waals surface area contributed by atoms with Crippen LogP contribution in [0.15, 0.2) is 22.5 Å². The molecule has 0 atom stereocenters. The summed E-state index contributed by atoms with van der Waals surface area (Å²) in [7, 11) is 0. The van der Waals surface area contributed by atoms with Gasteiger partial charge in [-0.05, 0) is 35.8 Å². The van der Waals surface area contributed by atoms with Gasteiger partial charge in [0.15, 0.2) is 4.34 Å². The Kier molecular flexibility index (Phi) is 6.19. The van der Waals surface area contributed by atoms with E-state index in [4.69, 9.17) is 0 Å². The van der Waals surface area contributed by atoms with Crippen LogP contribution in [0.5, 0.6) is 0 Å². The maximum atomic E-state index is 12.5. The molecule has 5 nitrogen and oxygen atoms in total. The number of benzene rings is 1. The molecule has 1 fully saturated rings. The van der Waals surface area contributed by atoms with Gasteiger partial charge in [0.1, 0.15) is 0 Å². The second-order valence-electron chi connectivity index (χ2n) is 7.25. The fraction of sp³-hybridized carbons (Fsp3) is 0.526. The molecule has 0 radical (unpaired) electrons. The van der Waals surface area contributed by atoms with Crippen molar-refractivity contribution in [2.75, 3.05) is 16.4 Å². The smallest absolute Gasteiger partial charge is 0.234 e. The molecule has 1 heterocycles. The lowest BCUT2D eigenvalue weighted by Crippen LogP contribution is -2.17. The van der Waals surface area contributed by atoms with E-state index >= 15 is 0 Å². The van der Waals surface area contributed by atoms with E-state index in [1.807, 2.05) is 0 Å². The first kappa shape index (κ1) is 19.2. The topological polar surface area (TPSA) is 66.9 Å². The Hall–Kier alpha value is -1.60. The minimum atomic E-state index is -0.00287. The van der Waals surface area contributed by atoms with Gasteiger partial charge < -0.3 is 10.6 Å². The molecule has 1 aromatic carbocycles. The van der Waals surface area contributed by atoms with Crippen molar-refractivity contribution in [3.63, 3.8) is 0 Å². The standard InChI is InChI=1S/C19H26N4OS2/c1-11(2)14-6-5-7-15(12(3)4)17(14)21-16(24)10-25-19-23-22-18(26-19)20-13-8-9-13/h5-7,11-13H,8-10H2,1-4H3,(H,20,22)(H,21,24). The van der Waals surface area contributed by atoms with Crippen LogP contribution in [0.3, 0.4) is 0 Å². The lowest BCUT2D eigenvalue weighted by Gasteiger charge is -2.20. The number of aromatic nitrogens is 2. The fourth-order valence-electron chi connectivity index (χ4n) is 2.73. The zero-order chi connectivity index (χ0) is 18.7. The van der Waals surface area contributed by atoms with Crippen LogP contribution < -0.4 is 10.6 Å². The van der Waals surface area contributed by atoms with Crippen LogP contribution in [0, 0.1) is 0 Å². The van der Waals surface area contributed by atoms with E-state index in [0.717, 1.165) is 15.2 Å². The number of amides is 1. The maximum Gasteiger partial charge on any atom is 0.234 e. The summed E-state index contributed by atoms with van der Waals surface area (Å²) >= 11 is 2.95. The van der Waals surface area contributed by atoms with Crippen LogP contribution in [0.2, 0.25) is 0 Å². The van der Waals surface area contributed by atoms with E-state index in [1.54, 1.807) is 0 Å². The van der Waals surface area contributed by atoms with Crippen LogP contribution in [-0.4, -0.2) is 27.9 Å². The molecule has 140 valence electrons. The van der Waals surface area contributed by atoms with Gasteiger partial charge in [-0.1, -0.05) is 69.0 Å². The van der Waals surface area contributed by atoms with Gasteiger partial charge in [0, 0.05) is 11.7 Å². The number of hydrogen-bond acceptors (Lipinski definition) is 6. The number of rotatable bonds is 8. The largest absolute Gasteiger partial charge is 0.357 e. The molecule has 1 aliphatic carbocycles. The molecule has 1 aromatic heterocycles. The van der Waals surface area contributed by atoms with Crippen molar-refractivity contribution in [1.82, 2.24) is 10.2 Å². The van der Waals surface area contributed by atoms with Crippen molar-refractivity contribution in [3.05, 3.63) is 29.3 Å². The zero-order valence-corrected chi connectivity index (χ0v) is 17.3. The average Bonchev–Trinajstić information content (AvgIpc) is 3.29. The third kappa shape index (κ3) is 4.98. The predicted octanol–water partition coefficient (Wildman–Crippen LogP) is 5.09. The Bertz CT molecular complexity index is 742. The molecule has 0 spiro atoms. The molecule has 1 aliphatic rings. The van der Waals surface area contributed by atoms with E-state index in [1.165, 1.54) is 47.1 Å². The molecule has 3 rings (SSSR count). The van der Waals surface area contributed by atoms with E-state index < -0.39 is 0 Å². The molecular weight excluding hydrogens is 364 g/mol. The highest BCUT2D eigenvalue weighted by Crippen LogP contribution is 2.33. The van der Waals surface area contributed by atoms with Crippen molar-refractivity contribution in [2.24, 2.45) is 0 Å². The average molecular weight is 391 g/mol. The monoisotopic (exact) mass is 390 g/mol. The van der Waals surface area contributed by atoms with Gasteiger partial charge in [0.05, 0.1) is 5.75 Å². The molecule has 2 aromatic rings. The highest BCUT2D eigenvalue weighted by atomic mass is 32.2. The quantitative estimate of drug-likeness (QED) is 0.615. The molecule has 0 unspecified atom stereocenters. The molecular formula is C19H26N4OS2. The summed E-state index contributed by atoms with van der Waals surface area (Å²) < 4.78 is 0.824. The van der Waals surface area contributed by atoms with Gasteiger partial charge in [-0.25, -0.2) is 0 Å². The molecule has 26 heavy (non-hydrogen) atoms. The Morgan fingerprint density at radius 2 is 1.85 bits per heavy atom. The third-order valence-electron chi connectivity index (χ3n) is 4.28. The normalized spacial score (nSPS) is 14.1. The first-order valence-corrected chi connectivity index (χ1v) is 10.9. The maximum absolute atomic E-state index is 12.5. The van der Waals surface area contributed by atoms with Crippen LogP contribution in [0.4, 0.5) is 10.8 Å². The summed E-state index contributed by atoms with van der Waals surface area (Å²) in [5.41, 5.74) is 3.33. The van der Waals surface area contributed by atoms with Gasteiger partial charge >= 0.3 is 0 Å². The summed E-state index contributed by atoms with van der Waals surface area (Å²) in [6, 6.07) is 6.83. The molecule has 7 heteroatoms. The van der Waals surface area contributed by atoms with Crippen LogP contribution in [-0.2, 0) is 4.79 Å². The van der Waals surface area contributed by atoms with E-state index in [9.17, 15) is 4.79 Å². The van der Waals surface area contributed by atoms with E-state index in [0.29, 0.717) is 23.6 Å². The van der Waals surface area contributed by atoms with Crippen molar-refractivity contribution >= 4 is 39.8 Å². The SMILES string of the molecule is CC(C)c1cccc(C(C)C)c1NC(=O)CSc1nnc(NC2CC2)s1. The van der Waals surface area contributed by atoms with Crippen molar-refractivity contribution < 1.29 is 4.79 Å².